The van der Waals surface area contributed by atoms with Crippen LogP contribution < -0.4 is 14.5 Å². The van der Waals surface area contributed by atoms with E-state index in [1.807, 2.05) is 0 Å². The Bertz CT molecular complexity index is 1570. The smallest absolute Gasteiger partial charge is 0.318 e. The fraction of sp³-hybridized carbons (Fsp3) is 0.486. The van der Waals surface area contributed by atoms with Gasteiger partial charge in [-0.2, -0.15) is 9.97 Å². The molecule has 0 bridgehead atoms. The summed E-state index contributed by atoms with van der Waals surface area (Å²) in [6.45, 7) is 20.4. The van der Waals surface area contributed by atoms with Crippen LogP contribution in [0.3, 0.4) is 0 Å². The summed E-state index contributed by atoms with van der Waals surface area (Å²) in [6, 6.07) is 13.7. The molecule has 1 unspecified atom stereocenters. The number of piperazine rings is 1. The molecule has 2 aromatic carbocycles. The Hall–Kier alpha value is -4.16. The van der Waals surface area contributed by atoms with Gasteiger partial charge in [0.25, 0.3) is 0 Å². The Morgan fingerprint density at radius 2 is 1.98 bits per heavy atom. The third kappa shape index (κ3) is 6.09. The van der Waals surface area contributed by atoms with E-state index < -0.39 is 0 Å². The van der Waals surface area contributed by atoms with Gasteiger partial charge in [0.2, 0.25) is 12.5 Å². The van der Waals surface area contributed by atoms with E-state index >= 15 is 0 Å². The zero-order valence-corrected chi connectivity index (χ0v) is 26.2. The number of carbonyl (C=O) groups excluding carboxylic acids is 1. The molecule has 3 aliphatic rings. The molecule has 3 aromatic rings. The topological polar surface area (TPSA) is 69.4 Å². The maximum Gasteiger partial charge on any atom is 0.318 e. The normalized spacial score (nSPS) is 19.1. The van der Waals surface area contributed by atoms with Crippen molar-refractivity contribution in [3.63, 3.8) is 0 Å². The minimum Gasteiger partial charge on any atom is -0.462 e. The van der Waals surface area contributed by atoms with E-state index in [-0.39, 0.29) is 18.5 Å². The summed E-state index contributed by atoms with van der Waals surface area (Å²) in [6.07, 6.45) is 4.77. The van der Waals surface area contributed by atoms with Crippen LogP contribution in [0.2, 0.25) is 0 Å². The quantitative estimate of drug-likeness (QED) is 0.249. The standard InChI is InChI=1S/C35H43N7O2/c1-6-32(43)42-18-17-41(22-28(42)21-36-4)34-29-15-16-40(31-12-8-11-27-10-7-9-24(2)33(27)31)23-30(29)37-35(38-34)44-20-19-39(5)25(3)26-13-14-26/h6-12,25-26,28H,1,13-23H2,2-3,5H3/t25-,28?/m1/s1. The summed E-state index contributed by atoms with van der Waals surface area (Å²) in [4.78, 5) is 35.0. The number of rotatable bonds is 10. The van der Waals surface area contributed by atoms with Crippen LogP contribution >= 0.6 is 0 Å². The highest BCUT2D eigenvalue weighted by molar-refractivity contribution is 5.97. The molecule has 0 radical (unpaired) electrons. The van der Waals surface area contributed by atoms with Crippen LogP contribution in [0.15, 0.2) is 49.1 Å². The third-order valence-corrected chi connectivity index (χ3v) is 9.67. The molecule has 1 aliphatic carbocycles. The molecular weight excluding hydrogens is 550 g/mol. The third-order valence-electron chi connectivity index (χ3n) is 9.67. The lowest BCUT2D eigenvalue weighted by Gasteiger charge is -2.41. The number of aromatic nitrogens is 2. The first-order valence-electron chi connectivity index (χ1n) is 15.8. The molecule has 44 heavy (non-hydrogen) atoms. The lowest BCUT2D eigenvalue weighted by molar-refractivity contribution is -0.128. The van der Waals surface area contributed by atoms with Crippen LogP contribution in [-0.2, 0) is 17.8 Å². The molecule has 1 saturated heterocycles. The van der Waals surface area contributed by atoms with Gasteiger partial charge in [-0.15, -0.1) is 0 Å². The van der Waals surface area contributed by atoms with Crippen molar-refractivity contribution >= 4 is 28.2 Å². The summed E-state index contributed by atoms with van der Waals surface area (Å²) in [7, 11) is 2.16. The maximum atomic E-state index is 12.6. The van der Waals surface area contributed by atoms with Gasteiger partial charge in [0.05, 0.1) is 12.2 Å². The first-order valence-corrected chi connectivity index (χ1v) is 15.8. The van der Waals surface area contributed by atoms with Gasteiger partial charge < -0.3 is 29.2 Å². The number of amides is 1. The molecule has 2 atom stereocenters. The Balaban J connectivity index is 1.30. The second kappa shape index (κ2) is 12.8. The second-order valence-corrected chi connectivity index (χ2v) is 12.5. The number of carbonyl (C=O) groups is 1. The van der Waals surface area contributed by atoms with E-state index in [0.29, 0.717) is 44.8 Å². The zero-order chi connectivity index (χ0) is 30.8. The van der Waals surface area contributed by atoms with Gasteiger partial charge in [-0.1, -0.05) is 36.9 Å². The van der Waals surface area contributed by atoms with Crippen molar-refractivity contribution in [1.82, 2.24) is 19.8 Å². The van der Waals surface area contributed by atoms with Crippen molar-refractivity contribution < 1.29 is 9.53 Å². The lowest BCUT2D eigenvalue weighted by Crippen LogP contribution is -2.56. The number of hydrogen-bond acceptors (Lipinski definition) is 7. The van der Waals surface area contributed by atoms with Crippen LogP contribution in [0.5, 0.6) is 6.01 Å². The van der Waals surface area contributed by atoms with Gasteiger partial charge in [0.15, 0.2) is 0 Å². The minimum atomic E-state index is -0.224. The van der Waals surface area contributed by atoms with Gasteiger partial charge >= 0.3 is 6.01 Å². The van der Waals surface area contributed by atoms with Crippen LogP contribution in [0.4, 0.5) is 11.5 Å². The molecule has 6 rings (SSSR count). The summed E-state index contributed by atoms with van der Waals surface area (Å²) in [5.41, 5.74) is 4.60. The minimum absolute atomic E-state index is 0.127. The van der Waals surface area contributed by atoms with E-state index in [0.717, 1.165) is 42.5 Å². The van der Waals surface area contributed by atoms with E-state index in [1.54, 1.807) is 4.90 Å². The van der Waals surface area contributed by atoms with E-state index in [9.17, 15) is 4.79 Å². The summed E-state index contributed by atoms with van der Waals surface area (Å²) in [5.74, 6) is 1.54. The SMILES string of the molecule is [C-]#[N+]CC1CN(c2nc(OCCN(C)[C@H](C)C3CC3)nc3c2CCN(c2cccc4cccc(C)c24)C3)CCN1C(=O)C=C. The molecule has 1 amide bonds. The number of hydrogen-bond donors (Lipinski definition) is 0. The fourth-order valence-electron chi connectivity index (χ4n) is 6.83. The van der Waals surface area contributed by atoms with E-state index in [2.05, 4.69) is 83.4 Å². The van der Waals surface area contributed by atoms with Gasteiger partial charge in [-0.3, -0.25) is 4.79 Å². The summed E-state index contributed by atoms with van der Waals surface area (Å²) >= 11 is 0. The molecule has 0 N–H and O–H groups in total. The van der Waals surface area contributed by atoms with Gasteiger partial charge in [0, 0.05) is 55.4 Å². The Kier molecular flexibility index (Phi) is 8.72. The average molecular weight is 594 g/mol. The molecule has 9 heteroatoms. The Morgan fingerprint density at radius 3 is 2.73 bits per heavy atom. The van der Waals surface area contributed by atoms with Crippen LogP contribution in [-0.4, -0.2) is 90.7 Å². The number of aryl methyl sites for hydroxylation is 1. The summed E-state index contributed by atoms with van der Waals surface area (Å²) in [5, 5.41) is 2.52. The predicted octanol–water partition coefficient (Wildman–Crippen LogP) is 4.73. The molecule has 2 fully saturated rings. The Morgan fingerprint density at radius 1 is 1.18 bits per heavy atom. The molecule has 230 valence electrons. The highest BCUT2D eigenvalue weighted by atomic mass is 16.5. The van der Waals surface area contributed by atoms with Gasteiger partial charge in [-0.05, 0) is 69.2 Å². The zero-order valence-electron chi connectivity index (χ0n) is 26.2. The lowest BCUT2D eigenvalue weighted by atomic mass is 9.99. The highest BCUT2D eigenvalue weighted by Crippen LogP contribution is 2.36. The maximum absolute atomic E-state index is 12.6. The molecular formula is C35H43N7O2. The van der Waals surface area contributed by atoms with Gasteiger partial charge in [0.1, 0.15) is 18.5 Å². The first-order chi connectivity index (χ1) is 21.4. The van der Waals surface area contributed by atoms with Crippen LogP contribution in [0.1, 0.15) is 36.6 Å². The summed E-state index contributed by atoms with van der Waals surface area (Å²) < 4.78 is 6.27. The molecule has 1 saturated carbocycles. The fourth-order valence-corrected chi connectivity index (χ4v) is 6.83. The largest absolute Gasteiger partial charge is 0.462 e. The van der Waals surface area contributed by atoms with E-state index in [1.165, 1.54) is 40.9 Å². The first kappa shape index (κ1) is 29.9. The number of ether oxygens (including phenoxy) is 1. The van der Waals surface area contributed by atoms with Crippen molar-refractivity contribution in [1.29, 1.82) is 0 Å². The number of nitrogens with zero attached hydrogens (tertiary/aromatic N) is 7. The second-order valence-electron chi connectivity index (χ2n) is 12.5. The molecule has 3 heterocycles. The number of anilines is 2. The highest BCUT2D eigenvalue weighted by Gasteiger charge is 2.35. The Labute approximate surface area is 260 Å². The average Bonchev–Trinajstić information content (AvgIpc) is 3.89. The van der Waals surface area contributed by atoms with Crippen LogP contribution in [0, 0.1) is 19.4 Å². The number of likely N-dealkylation sites (N-methyl/N-ethyl adjacent to an activating group) is 1. The molecule has 2 aliphatic heterocycles. The molecule has 9 nitrogen and oxygen atoms in total. The monoisotopic (exact) mass is 593 g/mol. The number of benzene rings is 2. The van der Waals surface area contributed by atoms with Crippen molar-refractivity contribution in [2.45, 2.75) is 51.7 Å². The van der Waals surface area contributed by atoms with Crippen molar-refractivity contribution in [3.8, 4) is 6.01 Å². The van der Waals surface area contributed by atoms with Crippen molar-refractivity contribution in [2.24, 2.45) is 5.92 Å². The van der Waals surface area contributed by atoms with Crippen molar-refractivity contribution in [3.05, 3.63) is 77.3 Å². The number of fused-ring (bicyclic) bond motifs is 2. The van der Waals surface area contributed by atoms with Crippen LogP contribution in [0.25, 0.3) is 15.6 Å². The van der Waals surface area contributed by atoms with Gasteiger partial charge in [-0.25, -0.2) is 6.57 Å². The molecule has 0 spiro atoms. The predicted molar refractivity (Wildman–Crippen MR) is 175 cm³/mol. The van der Waals surface area contributed by atoms with E-state index in [4.69, 9.17) is 21.3 Å². The van der Waals surface area contributed by atoms with Crippen molar-refractivity contribution in [2.75, 3.05) is 62.7 Å². The molecule has 1 aromatic heterocycles.